The minimum absolute atomic E-state index is 0.0235. The Morgan fingerprint density at radius 3 is 2.89 bits per heavy atom. The minimum Gasteiger partial charge on any atom is -0.392 e. The molecule has 1 aromatic rings. The zero-order chi connectivity index (χ0) is 13.2. The number of hydrogen-bond donors (Lipinski definition) is 2. The number of carbonyl (C=O) groups excluding carboxylic acids is 1. The molecule has 4 nitrogen and oxygen atoms in total. The summed E-state index contributed by atoms with van der Waals surface area (Å²) < 4.78 is 0. The van der Waals surface area contributed by atoms with Crippen molar-refractivity contribution in [3.8, 4) is 0 Å². The number of thiocarbonyl (C=S) groups is 1. The van der Waals surface area contributed by atoms with Gasteiger partial charge in [0, 0.05) is 24.0 Å². The third kappa shape index (κ3) is 2.40. The molecular weight excluding hydrogens is 266 g/mol. The van der Waals surface area contributed by atoms with Crippen LogP contribution >= 0.6 is 23.6 Å². The number of thiazole rings is 1. The second-order valence-electron chi connectivity index (χ2n) is 4.78. The molecule has 0 saturated heterocycles. The van der Waals surface area contributed by atoms with Crippen LogP contribution in [-0.4, -0.2) is 22.4 Å². The quantitative estimate of drug-likeness (QED) is 0.809. The first kappa shape index (κ1) is 13.4. The van der Waals surface area contributed by atoms with E-state index in [-0.39, 0.29) is 11.8 Å². The van der Waals surface area contributed by atoms with Gasteiger partial charge in [-0.2, -0.15) is 0 Å². The monoisotopic (exact) mass is 283 g/mol. The van der Waals surface area contributed by atoms with Gasteiger partial charge in [-0.1, -0.05) is 25.6 Å². The van der Waals surface area contributed by atoms with Gasteiger partial charge in [-0.05, 0) is 12.8 Å². The SMILES string of the molecule is CC(CNC(=O)C1(C(N)=S)CCC1)c1nccs1. The Morgan fingerprint density at radius 2 is 2.44 bits per heavy atom. The predicted molar refractivity (Wildman–Crippen MR) is 76.6 cm³/mol. The summed E-state index contributed by atoms with van der Waals surface area (Å²) in [6.07, 6.45) is 4.35. The molecule has 0 aromatic carbocycles. The number of aromatic nitrogens is 1. The molecule has 1 unspecified atom stereocenters. The van der Waals surface area contributed by atoms with Crippen LogP contribution in [0.2, 0.25) is 0 Å². The topological polar surface area (TPSA) is 68.0 Å². The Bertz CT molecular complexity index is 440. The van der Waals surface area contributed by atoms with Gasteiger partial charge in [-0.15, -0.1) is 11.3 Å². The number of hydrogen-bond acceptors (Lipinski definition) is 4. The smallest absolute Gasteiger partial charge is 0.233 e. The molecule has 6 heteroatoms. The van der Waals surface area contributed by atoms with Gasteiger partial charge in [0.2, 0.25) is 5.91 Å². The number of nitrogens with one attached hydrogen (secondary N) is 1. The molecule has 98 valence electrons. The Labute approximate surface area is 116 Å². The van der Waals surface area contributed by atoms with Crippen LogP contribution in [-0.2, 0) is 4.79 Å². The van der Waals surface area contributed by atoms with Crippen molar-refractivity contribution in [2.75, 3.05) is 6.54 Å². The van der Waals surface area contributed by atoms with E-state index in [2.05, 4.69) is 10.3 Å². The van der Waals surface area contributed by atoms with Gasteiger partial charge >= 0.3 is 0 Å². The molecule has 0 radical (unpaired) electrons. The molecule has 1 aliphatic rings. The van der Waals surface area contributed by atoms with Crippen LogP contribution in [0.1, 0.15) is 37.1 Å². The first-order valence-electron chi connectivity index (χ1n) is 6.04. The maximum absolute atomic E-state index is 12.2. The molecule has 1 aliphatic carbocycles. The number of nitrogens with zero attached hydrogens (tertiary/aromatic N) is 1. The van der Waals surface area contributed by atoms with E-state index in [1.54, 1.807) is 17.5 Å². The molecule has 0 bridgehead atoms. The van der Waals surface area contributed by atoms with Crippen molar-refractivity contribution in [3.05, 3.63) is 16.6 Å². The first-order chi connectivity index (χ1) is 8.56. The number of rotatable bonds is 5. The molecule has 1 amide bonds. The van der Waals surface area contributed by atoms with Gasteiger partial charge in [-0.3, -0.25) is 4.79 Å². The highest BCUT2D eigenvalue weighted by Crippen LogP contribution is 2.41. The van der Waals surface area contributed by atoms with Crippen LogP contribution < -0.4 is 11.1 Å². The van der Waals surface area contributed by atoms with E-state index in [0.29, 0.717) is 11.5 Å². The van der Waals surface area contributed by atoms with Crippen molar-refractivity contribution in [1.29, 1.82) is 0 Å². The number of carbonyl (C=O) groups is 1. The van der Waals surface area contributed by atoms with E-state index >= 15 is 0 Å². The molecule has 18 heavy (non-hydrogen) atoms. The van der Waals surface area contributed by atoms with Crippen molar-refractivity contribution in [3.63, 3.8) is 0 Å². The molecule has 1 aromatic heterocycles. The molecular formula is C12H17N3OS2. The van der Waals surface area contributed by atoms with E-state index in [1.807, 2.05) is 12.3 Å². The van der Waals surface area contributed by atoms with Gasteiger partial charge in [-0.25, -0.2) is 4.98 Å². The van der Waals surface area contributed by atoms with E-state index in [9.17, 15) is 4.79 Å². The summed E-state index contributed by atoms with van der Waals surface area (Å²) in [6, 6.07) is 0. The van der Waals surface area contributed by atoms with Crippen molar-refractivity contribution in [2.24, 2.45) is 11.1 Å². The van der Waals surface area contributed by atoms with Gasteiger partial charge in [0.05, 0.1) is 15.4 Å². The lowest BCUT2D eigenvalue weighted by Crippen LogP contribution is -2.53. The lowest BCUT2D eigenvalue weighted by atomic mass is 9.68. The molecule has 1 saturated carbocycles. The largest absolute Gasteiger partial charge is 0.392 e. The zero-order valence-corrected chi connectivity index (χ0v) is 11.9. The van der Waals surface area contributed by atoms with Crippen LogP contribution in [0.25, 0.3) is 0 Å². The third-order valence-corrected chi connectivity index (χ3v) is 4.95. The lowest BCUT2D eigenvalue weighted by molar-refractivity contribution is -0.130. The Balaban J connectivity index is 1.90. The molecule has 1 fully saturated rings. The highest BCUT2D eigenvalue weighted by atomic mass is 32.1. The summed E-state index contributed by atoms with van der Waals surface area (Å²) in [5.74, 6) is 0.196. The number of nitrogens with two attached hydrogens (primary N) is 1. The average Bonchev–Trinajstić information content (AvgIpc) is 2.76. The van der Waals surface area contributed by atoms with Crippen molar-refractivity contribution in [2.45, 2.75) is 32.1 Å². The normalized spacial score (nSPS) is 18.7. The van der Waals surface area contributed by atoms with E-state index < -0.39 is 5.41 Å². The van der Waals surface area contributed by atoms with Crippen LogP contribution in [0.15, 0.2) is 11.6 Å². The number of amides is 1. The first-order valence-corrected chi connectivity index (χ1v) is 7.32. The molecule has 2 rings (SSSR count). The highest BCUT2D eigenvalue weighted by Gasteiger charge is 2.46. The maximum atomic E-state index is 12.2. The van der Waals surface area contributed by atoms with Gasteiger partial charge in [0.15, 0.2) is 0 Å². The Kier molecular flexibility index (Phi) is 3.97. The van der Waals surface area contributed by atoms with Crippen molar-refractivity contribution in [1.82, 2.24) is 10.3 Å². The standard InChI is InChI=1S/C12H17N3OS2/c1-8(9-14-5-6-18-9)7-15-11(16)12(10(13)17)3-2-4-12/h5-6,8H,2-4,7H2,1H3,(H2,13,17)(H,15,16). The Morgan fingerprint density at radius 1 is 1.72 bits per heavy atom. The van der Waals surface area contributed by atoms with Crippen LogP contribution in [0, 0.1) is 5.41 Å². The summed E-state index contributed by atoms with van der Waals surface area (Å²) >= 11 is 6.63. The fraction of sp³-hybridized carbons (Fsp3) is 0.583. The van der Waals surface area contributed by atoms with Gasteiger partial charge in [0.25, 0.3) is 0 Å². The summed E-state index contributed by atoms with van der Waals surface area (Å²) in [7, 11) is 0. The molecule has 1 atom stereocenters. The van der Waals surface area contributed by atoms with Crippen LogP contribution in [0.3, 0.4) is 0 Å². The second-order valence-corrected chi connectivity index (χ2v) is 6.15. The maximum Gasteiger partial charge on any atom is 0.233 e. The minimum atomic E-state index is -0.585. The third-order valence-electron chi connectivity index (χ3n) is 3.56. The Hall–Kier alpha value is -1.01. The summed E-state index contributed by atoms with van der Waals surface area (Å²) in [4.78, 5) is 16.7. The zero-order valence-electron chi connectivity index (χ0n) is 10.3. The van der Waals surface area contributed by atoms with E-state index in [0.717, 1.165) is 24.3 Å². The van der Waals surface area contributed by atoms with Crippen LogP contribution in [0.5, 0.6) is 0 Å². The molecule has 0 spiro atoms. The van der Waals surface area contributed by atoms with Gasteiger partial charge < -0.3 is 11.1 Å². The average molecular weight is 283 g/mol. The summed E-state index contributed by atoms with van der Waals surface area (Å²) in [5, 5.41) is 5.93. The molecule has 0 aliphatic heterocycles. The highest BCUT2D eigenvalue weighted by molar-refractivity contribution is 7.80. The lowest BCUT2D eigenvalue weighted by Gasteiger charge is -2.39. The van der Waals surface area contributed by atoms with E-state index in [1.165, 1.54) is 0 Å². The molecule has 1 heterocycles. The van der Waals surface area contributed by atoms with Crippen molar-refractivity contribution < 1.29 is 4.79 Å². The predicted octanol–water partition coefficient (Wildman–Crippen LogP) is 1.82. The van der Waals surface area contributed by atoms with Gasteiger partial charge in [0.1, 0.15) is 0 Å². The summed E-state index contributed by atoms with van der Waals surface area (Å²) in [5.41, 5.74) is 5.11. The van der Waals surface area contributed by atoms with Crippen molar-refractivity contribution >= 4 is 34.5 Å². The fourth-order valence-corrected chi connectivity index (χ4v) is 3.09. The fourth-order valence-electron chi connectivity index (χ4n) is 2.10. The molecule has 3 N–H and O–H groups in total. The summed E-state index contributed by atoms with van der Waals surface area (Å²) in [6.45, 7) is 2.63. The second kappa shape index (κ2) is 5.32. The van der Waals surface area contributed by atoms with Crippen LogP contribution in [0.4, 0.5) is 0 Å². The van der Waals surface area contributed by atoms with E-state index in [4.69, 9.17) is 18.0 Å².